The highest BCUT2D eigenvalue weighted by atomic mass is 16.5. The second kappa shape index (κ2) is 8.03. The Morgan fingerprint density at radius 3 is 1.96 bits per heavy atom. The van der Waals surface area contributed by atoms with Crippen molar-refractivity contribution in [3.8, 4) is 0 Å². The Morgan fingerprint density at radius 2 is 1.41 bits per heavy atom. The molecule has 0 radical (unpaired) electrons. The summed E-state index contributed by atoms with van der Waals surface area (Å²) >= 11 is 0. The molecule has 6 nitrogen and oxygen atoms in total. The molecular weight excluding hydrogens is 346 g/mol. The van der Waals surface area contributed by atoms with Crippen LogP contribution >= 0.6 is 0 Å². The fraction of sp³-hybridized carbons (Fsp3) is 0.286. The summed E-state index contributed by atoms with van der Waals surface area (Å²) in [4.78, 5) is 40.0. The van der Waals surface area contributed by atoms with Gasteiger partial charge < -0.3 is 14.4 Å². The van der Waals surface area contributed by atoms with E-state index in [9.17, 15) is 14.4 Å². The molecule has 27 heavy (non-hydrogen) atoms. The molecular formula is C21H21NO5. The Hall–Kier alpha value is -3.15. The molecule has 0 saturated carbocycles. The lowest BCUT2D eigenvalue weighted by Gasteiger charge is -2.28. The van der Waals surface area contributed by atoms with Gasteiger partial charge in [0.1, 0.15) is 6.04 Å². The zero-order valence-electron chi connectivity index (χ0n) is 15.2. The monoisotopic (exact) mass is 367 g/mol. The minimum Gasteiger partial charge on any atom is -0.469 e. The molecule has 2 aromatic carbocycles. The van der Waals surface area contributed by atoms with Gasteiger partial charge in [-0.3, -0.25) is 14.4 Å². The van der Waals surface area contributed by atoms with Crippen LogP contribution in [0, 0.1) is 11.8 Å². The van der Waals surface area contributed by atoms with Crippen molar-refractivity contribution < 1.29 is 23.9 Å². The van der Waals surface area contributed by atoms with Gasteiger partial charge in [-0.15, -0.1) is 0 Å². The van der Waals surface area contributed by atoms with Crippen molar-refractivity contribution in [2.24, 2.45) is 11.8 Å². The standard InChI is InChI=1S/C21H21NO5/c1-26-20(24)16-13-22(15-11-7-4-8-12-15)18(17(16)21(25)27-2)19(23)14-9-5-3-6-10-14/h3-12,16-18H,13H2,1-2H3/t16-,17+,18+/m1/s1. The predicted molar refractivity (Wildman–Crippen MR) is 99.4 cm³/mol. The zero-order valence-corrected chi connectivity index (χ0v) is 15.2. The van der Waals surface area contributed by atoms with Crippen molar-refractivity contribution >= 4 is 23.4 Å². The molecule has 0 aliphatic carbocycles. The van der Waals surface area contributed by atoms with Crippen molar-refractivity contribution in [3.63, 3.8) is 0 Å². The van der Waals surface area contributed by atoms with Gasteiger partial charge in [0.2, 0.25) is 0 Å². The van der Waals surface area contributed by atoms with Crippen LogP contribution in [0.2, 0.25) is 0 Å². The number of para-hydroxylation sites is 1. The second-order valence-corrected chi connectivity index (χ2v) is 6.34. The lowest BCUT2D eigenvalue weighted by Crippen LogP contribution is -2.43. The lowest BCUT2D eigenvalue weighted by molar-refractivity contribution is -0.155. The maximum Gasteiger partial charge on any atom is 0.312 e. The van der Waals surface area contributed by atoms with E-state index < -0.39 is 29.8 Å². The molecule has 0 spiro atoms. The quantitative estimate of drug-likeness (QED) is 0.597. The number of carbonyl (C=O) groups is 3. The molecule has 0 unspecified atom stereocenters. The summed E-state index contributed by atoms with van der Waals surface area (Å²) in [5, 5.41) is 0. The molecule has 3 atom stereocenters. The predicted octanol–water partition coefficient (Wildman–Crippen LogP) is 2.34. The lowest BCUT2D eigenvalue weighted by atomic mass is 9.86. The largest absolute Gasteiger partial charge is 0.469 e. The summed E-state index contributed by atoms with van der Waals surface area (Å²) in [6.45, 7) is 0.194. The summed E-state index contributed by atoms with van der Waals surface area (Å²) in [7, 11) is 2.53. The van der Waals surface area contributed by atoms with Crippen molar-refractivity contribution in [2.45, 2.75) is 6.04 Å². The van der Waals surface area contributed by atoms with E-state index in [-0.39, 0.29) is 12.3 Å². The van der Waals surface area contributed by atoms with E-state index in [1.54, 1.807) is 29.2 Å². The second-order valence-electron chi connectivity index (χ2n) is 6.34. The molecule has 3 rings (SSSR count). The molecule has 0 N–H and O–H groups in total. The first kappa shape index (κ1) is 18.6. The molecule has 0 amide bonds. The van der Waals surface area contributed by atoms with Crippen LogP contribution < -0.4 is 4.90 Å². The van der Waals surface area contributed by atoms with Crippen LogP contribution in [-0.4, -0.2) is 44.5 Å². The first-order valence-corrected chi connectivity index (χ1v) is 8.65. The zero-order chi connectivity index (χ0) is 19.4. The van der Waals surface area contributed by atoms with Crippen LogP contribution in [0.15, 0.2) is 60.7 Å². The average molecular weight is 367 g/mol. The molecule has 6 heteroatoms. The van der Waals surface area contributed by atoms with Gasteiger partial charge >= 0.3 is 11.9 Å². The Morgan fingerprint density at radius 1 is 0.852 bits per heavy atom. The van der Waals surface area contributed by atoms with Crippen LogP contribution in [0.1, 0.15) is 10.4 Å². The van der Waals surface area contributed by atoms with Crippen LogP contribution in [-0.2, 0) is 19.1 Å². The number of ketones is 1. The number of nitrogens with zero attached hydrogens (tertiary/aromatic N) is 1. The number of methoxy groups -OCH3 is 2. The average Bonchev–Trinajstić information content (AvgIpc) is 3.14. The fourth-order valence-corrected chi connectivity index (χ4v) is 3.62. The maximum atomic E-state index is 13.3. The smallest absolute Gasteiger partial charge is 0.312 e. The van der Waals surface area contributed by atoms with E-state index in [0.717, 1.165) is 5.69 Å². The normalized spacial score (nSPS) is 21.6. The highest BCUT2D eigenvalue weighted by Crippen LogP contribution is 2.37. The summed E-state index contributed by atoms with van der Waals surface area (Å²) in [5.74, 6) is -3.11. The third-order valence-corrected chi connectivity index (χ3v) is 4.89. The van der Waals surface area contributed by atoms with Gasteiger partial charge in [-0.1, -0.05) is 48.5 Å². The first-order chi connectivity index (χ1) is 13.1. The molecule has 1 aliphatic rings. The number of Topliss-reactive ketones (excluding diaryl/α,β-unsaturated/α-hetero) is 1. The fourth-order valence-electron chi connectivity index (χ4n) is 3.62. The Labute approximate surface area is 157 Å². The number of esters is 2. The maximum absolute atomic E-state index is 13.3. The van der Waals surface area contributed by atoms with Crippen LogP contribution in [0.3, 0.4) is 0 Å². The number of hydrogen-bond acceptors (Lipinski definition) is 6. The van der Waals surface area contributed by atoms with Crippen molar-refractivity contribution in [2.75, 3.05) is 25.7 Å². The highest BCUT2D eigenvalue weighted by Gasteiger charge is 2.53. The van der Waals surface area contributed by atoms with E-state index in [2.05, 4.69) is 0 Å². The molecule has 0 bridgehead atoms. The summed E-state index contributed by atoms with van der Waals surface area (Å²) < 4.78 is 9.83. The van der Waals surface area contributed by atoms with Crippen molar-refractivity contribution in [1.82, 2.24) is 0 Å². The Balaban J connectivity index is 2.09. The minimum absolute atomic E-state index is 0.194. The van der Waals surface area contributed by atoms with Crippen LogP contribution in [0.25, 0.3) is 0 Å². The van der Waals surface area contributed by atoms with Crippen molar-refractivity contribution in [3.05, 3.63) is 66.2 Å². The number of hydrogen-bond donors (Lipinski definition) is 0. The van der Waals surface area contributed by atoms with E-state index in [0.29, 0.717) is 5.56 Å². The van der Waals surface area contributed by atoms with Gasteiger partial charge in [-0.2, -0.15) is 0 Å². The topological polar surface area (TPSA) is 72.9 Å². The van der Waals surface area contributed by atoms with E-state index in [1.165, 1.54) is 14.2 Å². The number of rotatable bonds is 5. The van der Waals surface area contributed by atoms with Gasteiger partial charge in [0.05, 0.1) is 26.1 Å². The van der Waals surface area contributed by atoms with Gasteiger partial charge in [0.15, 0.2) is 5.78 Å². The number of ether oxygens (including phenoxy) is 2. The Kier molecular flexibility index (Phi) is 5.54. The number of carbonyl (C=O) groups excluding carboxylic acids is 3. The van der Waals surface area contributed by atoms with Crippen molar-refractivity contribution in [1.29, 1.82) is 0 Å². The van der Waals surface area contributed by atoms with Gasteiger partial charge in [0, 0.05) is 17.8 Å². The van der Waals surface area contributed by atoms with Gasteiger partial charge in [0.25, 0.3) is 0 Å². The van der Waals surface area contributed by atoms with Gasteiger partial charge in [-0.25, -0.2) is 0 Å². The molecule has 1 aliphatic heterocycles. The SMILES string of the molecule is COC(=O)[C@@H]1[C@@H](C(=O)c2ccccc2)N(c2ccccc2)C[C@H]1C(=O)OC. The van der Waals surface area contributed by atoms with E-state index in [1.807, 2.05) is 36.4 Å². The molecule has 2 aromatic rings. The minimum atomic E-state index is -0.949. The molecule has 1 heterocycles. The summed E-state index contributed by atoms with van der Waals surface area (Å²) in [6, 6.07) is 17.1. The van der Waals surface area contributed by atoms with E-state index >= 15 is 0 Å². The third kappa shape index (κ3) is 3.56. The number of benzene rings is 2. The molecule has 1 saturated heterocycles. The highest BCUT2D eigenvalue weighted by molar-refractivity contribution is 6.06. The first-order valence-electron chi connectivity index (χ1n) is 8.65. The van der Waals surface area contributed by atoms with Crippen LogP contribution in [0.4, 0.5) is 5.69 Å². The van der Waals surface area contributed by atoms with E-state index in [4.69, 9.17) is 9.47 Å². The third-order valence-electron chi connectivity index (χ3n) is 4.89. The molecule has 140 valence electrons. The molecule has 0 aromatic heterocycles. The summed E-state index contributed by atoms with van der Waals surface area (Å²) in [6.07, 6.45) is 0. The van der Waals surface area contributed by atoms with Gasteiger partial charge in [-0.05, 0) is 12.1 Å². The van der Waals surface area contributed by atoms with Crippen LogP contribution in [0.5, 0.6) is 0 Å². The number of anilines is 1. The Bertz CT molecular complexity index is 821. The molecule has 1 fully saturated rings. The summed E-state index contributed by atoms with van der Waals surface area (Å²) in [5.41, 5.74) is 1.23.